The summed E-state index contributed by atoms with van der Waals surface area (Å²) in [6.07, 6.45) is 3.44. The third kappa shape index (κ3) is 5.12. The van der Waals surface area contributed by atoms with E-state index in [4.69, 9.17) is 4.74 Å². The average Bonchev–Trinajstić information content (AvgIpc) is 2.63. The second kappa shape index (κ2) is 9.93. The molecule has 1 aromatic carbocycles. The molecule has 2 atom stereocenters. The Morgan fingerprint density at radius 1 is 1.15 bits per heavy atom. The van der Waals surface area contributed by atoms with Crippen LogP contribution in [0.4, 0.5) is 0 Å². The molecule has 0 aliphatic carbocycles. The molecule has 3 rings (SSSR count). The predicted octanol–water partition coefficient (Wildman–Crippen LogP) is 3.91. The summed E-state index contributed by atoms with van der Waals surface area (Å²) in [7, 11) is 1.91. The highest BCUT2D eigenvalue weighted by atomic mass is 127. The molecular formula is C21H34IN3O. The highest BCUT2D eigenvalue weighted by Crippen LogP contribution is 2.34. The van der Waals surface area contributed by atoms with Crippen molar-refractivity contribution in [3.63, 3.8) is 0 Å². The van der Waals surface area contributed by atoms with E-state index in [-0.39, 0.29) is 29.4 Å². The number of rotatable bonds is 3. The standard InChI is InChI=1S/C21H33N3O.HI/c1-17-13-18(2)15-24(14-17)20(22-3)23-16-21(9-11-25-12-10-21)19-7-5-4-6-8-19;/h4-8,17-18H,9-16H2,1-3H3,(H,22,23);1H. The monoisotopic (exact) mass is 471 g/mol. The first-order valence-corrected chi connectivity index (χ1v) is 9.72. The number of aliphatic imine (C=N–C) groups is 1. The third-order valence-electron chi connectivity index (χ3n) is 5.80. The molecule has 26 heavy (non-hydrogen) atoms. The van der Waals surface area contributed by atoms with Gasteiger partial charge in [0.2, 0.25) is 0 Å². The van der Waals surface area contributed by atoms with Gasteiger partial charge in [0.25, 0.3) is 0 Å². The molecule has 0 radical (unpaired) electrons. The topological polar surface area (TPSA) is 36.9 Å². The Morgan fingerprint density at radius 3 is 2.35 bits per heavy atom. The van der Waals surface area contributed by atoms with Crippen LogP contribution >= 0.6 is 24.0 Å². The van der Waals surface area contributed by atoms with Crippen molar-refractivity contribution in [2.75, 3.05) is 39.9 Å². The molecule has 4 nitrogen and oxygen atoms in total. The number of hydrogen-bond acceptors (Lipinski definition) is 2. The minimum atomic E-state index is 0. The second-order valence-electron chi connectivity index (χ2n) is 8.01. The van der Waals surface area contributed by atoms with Crippen LogP contribution in [0.2, 0.25) is 0 Å². The molecule has 146 valence electrons. The van der Waals surface area contributed by atoms with Crippen molar-refractivity contribution in [1.29, 1.82) is 0 Å². The van der Waals surface area contributed by atoms with Crippen molar-refractivity contribution >= 4 is 29.9 Å². The molecule has 0 aromatic heterocycles. The second-order valence-corrected chi connectivity index (χ2v) is 8.01. The van der Waals surface area contributed by atoms with Crippen molar-refractivity contribution in [2.45, 2.75) is 38.5 Å². The van der Waals surface area contributed by atoms with E-state index >= 15 is 0 Å². The molecule has 2 aliphatic heterocycles. The number of halogens is 1. The summed E-state index contributed by atoms with van der Waals surface area (Å²) in [6.45, 7) is 9.50. The fraction of sp³-hybridized carbons (Fsp3) is 0.667. The molecule has 2 heterocycles. The normalized spacial score (nSPS) is 26.1. The van der Waals surface area contributed by atoms with Gasteiger partial charge in [-0.25, -0.2) is 0 Å². The van der Waals surface area contributed by atoms with E-state index < -0.39 is 0 Å². The van der Waals surface area contributed by atoms with Crippen LogP contribution in [0, 0.1) is 11.8 Å². The zero-order valence-corrected chi connectivity index (χ0v) is 18.7. The number of nitrogens with zero attached hydrogens (tertiary/aromatic N) is 2. The zero-order chi connectivity index (χ0) is 17.7. The van der Waals surface area contributed by atoms with Crippen molar-refractivity contribution < 1.29 is 4.74 Å². The van der Waals surface area contributed by atoms with E-state index in [9.17, 15) is 0 Å². The van der Waals surface area contributed by atoms with E-state index in [1.54, 1.807) is 0 Å². The molecule has 0 spiro atoms. The van der Waals surface area contributed by atoms with Gasteiger partial charge in [-0.2, -0.15) is 0 Å². The Bertz CT molecular complexity index is 562. The summed E-state index contributed by atoms with van der Waals surface area (Å²) in [5.74, 6) is 2.52. The molecule has 2 saturated heterocycles. The molecule has 0 bridgehead atoms. The number of piperidine rings is 1. The number of nitrogens with one attached hydrogen (secondary N) is 1. The Balaban J connectivity index is 0.00000243. The first kappa shape index (κ1) is 21.5. The maximum Gasteiger partial charge on any atom is 0.193 e. The van der Waals surface area contributed by atoms with Crippen molar-refractivity contribution in [1.82, 2.24) is 10.2 Å². The van der Waals surface area contributed by atoms with Crippen molar-refractivity contribution in [2.24, 2.45) is 16.8 Å². The Labute approximate surface area is 175 Å². The maximum atomic E-state index is 5.66. The van der Waals surface area contributed by atoms with Crippen molar-refractivity contribution in [3.8, 4) is 0 Å². The summed E-state index contributed by atoms with van der Waals surface area (Å²) in [5.41, 5.74) is 1.56. The van der Waals surface area contributed by atoms with Crippen LogP contribution in [0.3, 0.4) is 0 Å². The Hall–Kier alpha value is -0.820. The van der Waals surface area contributed by atoms with E-state index in [1.807, 2.05) is 7.05 Å². The van der Waals surface area contributed by atoms with Crippen LogP contribution < -0.4 is 5.32 Å². The van der Waals surface area contributed by atoms with Crippen LogP contribution in [-0.2, 0) is 10.2 Å². The number of ether oxygens (including phenoxy) is 1. The lowest BCUT2D eigenvalue weighted by Crippen LogP contribution is -2.52. The van der Waals surface area contributed by atoms with E-state index in [2.05, 4.69) is 59.4 Å². The van der Waals surface area contributed by atoms with Gasteiger partial charge in [-0.05, 0) is 36.7 Å². The van der Waals surface area contributed by atoms with Crippen LogP contribution in [0.1, 0.15) is 38.7 Å². The highest BCUT2D eigenvalue weighted by molar-refractivity contribution is 14.0. The smallest absolute Gasteiger partial charge is 0.193 e. The lowest BCUT2D eigenvalue weighted by Gasteiger charge is -2.41. The van der Waals surface area contributed by atoms with Gasteiger partial charge in [-0.3, -0.25) is 4.99 Å². The van der Waals surface area contributed by atoms with Crippen LogP contribution in [-0.4, -0.2) is 50.8 Å². The summed E-state index contributed by atoms with van der Waals surface area (Å²) in [4.78, 5) is 7.03. The molecule has 0 saturated carbocycles. The van der Waals surface area contributed by atoms with Crippen molar-refractivity contribution in [3.05, 3.63) is 35.9 Å². The number of likely N-dealkylation sites (tertiary alicyclic amines) is 1. The number of benzene rings is 1. The van der Waals surface area contributed by atoms with E-state index in [0.29, 0.717) is 0 Å². The molecule has 2 unspecified atom stereocenters. The molecule has 1 aromatic rings. The zero-order valence-electron chi connectivity index (χ0n) is 16.4. The Kier molecular flexibility index (Phi) is 8.20. The van der Waals surface area contributed by atoms with Gasteiger partial charge >= 0.3 is 0 Å². The van der Waals surface area contributed by atoms with Gasteiger partial charge in [0, 0.05) is 45.3 Å². The molecule has 5 heteroatoms. The average molecular weight is 471 g/mol. The quantitative estimate of drug-likeness (QED) is 0.413. The minimum Gasteiger partial charge on any atom is -0.381 e. The summed E-state index contributed by atoms with van der Waals surface area (Å²) in [6, 6.07) is 10.9. The summed E-state index contributed by atoms with van der Waals surface area (Å²) >= 11 is 0. The number of guanidine groups is 1. The molecule has 1 N–H and O–H groups in total. The van der Waals surface area contributed by atoms with Crippen LogP contribution in [0.15, 0.2) is 35.3 Å². The third-order valence-corrected chi connectivity index (χ3v) is 5.80. The number of hydrogen-bond donors (Lipinski definition) is 1. The summed E-state index contributed by atoms with van der Waals surface area (Å²) in [5, 5.41) is 3.71. The first-order valence-electron chi connectivity index (χ1n) is 9.72. The van der Waals surface area contributed by atoms with Gasteiger partial charge in [-0.15, -0.1) is 24.0 Å². The minimum absolute atomic E-state index is 0. The van der Waals surface area contributed by atoms with Gasteiger partial charge in [-0.1, -0.05) is 44.2 Å². The fourth-order valence-corrected chi connectivity index (χ4v) is 4.54. The lowest BCUT2D eigenvalue weighted by atomic mass is 9.74. The largest absolute Gasteiger partial charge is 0.381 e. The first-order chi connectivity index (χ1) is 12.1. The highest BCUT2D eigenvalue weighted by Gasteiger charge is 2.35. The van der Waals surface area contributed by atoms with E-state index in [0.717, 1.165) is 63.5 Å². The van der Waals surface area contributed by atoms with Gasteiger partial charge in [0.1, 0.15) is 0 Å². The molecular weight excluding hydrogens is 437 g/mol. The summed E-state index contributed by atoms with van der Waals surface area (Å²) < 4.78 is 5.66. The molecule has 2 aliphatic rings. The Morgan fingerprint density at radius 2 is 1.77 bits per heavy atom. The lowest BCUT2D eigenvalue weighted by molar-refractivity contribution is 0.0510. The predicted molar refractivity (Wildman–Crippen MR) is 119 cm³/mol. The molecule has 0 amide bonds. The van der Waals surface area contributed by atoms with Crippen LogP contribution in [0.25, 0.3) is 0 Å². The maximum absolute atomic E-state index is 5.66. The van der Waals surface area contributed by atoms with E-state index in [1.165, 1.54) is 12.0 Å². The molecule has 2 fully saturated rings. The SMILES string of the molecule is CN=C(NCC1(c2ccccc2)CCOCC1)N1CC(C)CC(C)C1.I. The van der Waals surface area contributed by atoms with Gasteiger partial charge in [0.15, 0.2) is 5.96 Å². The van der Waals surface area contributed by atoms with Crippen LogP contribution in [0.5, 0.6) is 0 Å². The fourth-order valence-electron chi connectivity index (χ4n) is 4.54. The van der Waals surface area contributed by atoms with Gasteiger partial charge in [0.05, 0.1) is 0 Å². The van der Waals surface area contributed by atoms with Gasteiger partial charge < -0.3 is 15.0 Å².